The minimum Gasteiger partial charge on any atom is -0.322 e. The van der Waals surface area contributed by atoms with Crippen molar-refractivity contribution in [1.82, 2.24) is 0 Å². The molecule has 1 aliphatic rings. The van der Waals surface area contributed by atoms with Gasteiger partial charge in [-0.05, 0) is 53.4 Å². The van der Waals surface area contributed by atoms with E-state index < -0.39 is 11.7 Å². The molecule has 6 heteroatoms. The van der Waals surface area contributed by atoms with E-state index in [2.05, 4.69) is 31.3 Å². The van der Waals surface area contributed by atoms with Crippen molar-refractivity contribution in [1.29, 1.82) is 0 Å². The maximum Gasteiger partial charge on any atom is 0.258 e. The van der Waals surface area contributed by atoms with Crippen LogP contribution in [0.3, 0.4) is 0 Å². The van der Waals surface area contributed by atoms with E-state index >= 15 is 0 Å². The summed E-state index contributed by atoms with van der Waals surface area (Å²) in [5.41, 5.74) is 3.52. The first-order valence-electron chi connectivity index (χ1n) is 10.1. The number of carbonyl (C=O) groups is 2. The molecule has 2 amide bonds. The summed E-state index contributed by atoms with van der Waals surface area (Å²) in [5.74, 6) is -0.213. The van der Waals surface area contributed by atoms with Gasteiger partial charge in [-0.15, -0.1) is 11.8 Å². The van der Waals surface area contributed by atoms with Gasteiger partial charge in [-0.2, -0.15) is 0 Å². The molecule has 158 valence electrons. The highest BCUT2D eigenvalue weighted by atomic mass is 32.2. The number of anilines is 2. The third-order valence-electron chi connectivity index (χ3n) is 5.25. The van der Waals surface area contributed by atoms with E-state index in [1.807, 2.05) is 30.3 Å². The number of rotatable bonds is 5. The van der Waals surface area contributed by atoms with Gasteiger partial charge in [-0.3, -0.25) is 14.5 Å². The summed E-state index contributed by atoms with van der Waals surface area (Å²) in [6, 6.07) is 21.3. The molecule has 3 aromatic rings. The fourth-order valence-corrected chi connectivity index (χ4v) is 4.75. The van der Waals surface area contributed by atoms with Crippen LogP contribution in [0.5, 0.6) is 0 Å². The standard InChI is InChI=1S/C25H23FN2O2S/c1-16(2)17-10-12-20(13-11-17)28-23(29)15-31-25(28)18-6-5-7-19(14-18)27-24(30)21-8-3-4-9-22(21)26/h3-14,16,25H,15H2,1-2H3,(H,27,30)/t25-/m1/s1. The fourth-order valence-electron chi connectivity index (χ4n) is 3.58. The predicted octanol–water partition coefficient (Wildman–Crippen LogP) is 5.98. The average molecular weight is 435 g/mol. The van der Waals surface area contributed by atoms with Crippen LogP contribution in [-0.4, -0.2) is 17.6 Å². The topological polar surface area (TPSA) is 49.4 Å². The molecule has 0 radical (unpaired) electrons. The van der Waals surface area contributed by atoms with Gasteiger partial charge < -0.3 is 5.32 Å². The Morgan fingerprint density at radius 3 is 2.52 bits per heavy atom. The van der Waals surface area contributed by atoms with E-state index in [1.54, 1.807) is 34.9 Å². The lowest BCUT2D eigenvalue weighted by molar-refractivity contribution is -0.115. The second-order valence-electron chi connectivity index (χ2n) is 7.73. The number of amides is 2. The lowest BCUT2D eigenvalue weighted by Gasteiger charge is -2.25. The minimum absolute atomic E-state index is 0.00908. The highest BCUT2D eigenvalue weighted by Crippen LogP contribution is 2.42. The molecule has 3 aromatic carbocycles. The molecule has 0 saturated carbocycles. The number of carbonyl (C=O) groups excluding carboxylic acids is 2. The van der Waals surface area contributed by atoms with Gasteiger partial charge in [0.1, 0.15) is 11.2 Å². The molecule has 0 spiro atoms. The van der Waals surface area contributed by atoms with Gasteiger partial charge in [0.25, 0.3) is 5.91 Å². The predicted molar refractivity (Wildman–Crippen MR) is 124 cm³/mol. The molecule has 1 N–H and O–H groups in total. The molecule has 0 aromatic heterocycles. The Bertz CT molecular complexity index is 1110. The fraction of sp³-hybridized carbons (Fsp3) is 0.200. The van der Waals surface area contributed by atoms with E-state index in [0.717, 1.165) is 11.3 Å². The lowest BCUT2D eigenvalue weighted by Crippen LogP contribution is -2.27. The van der Waals surface area contributed by atoms with Crippen LogP contribution >= 0.6 is 11.8 Å². The number of thioether (sulfide) groups is 1. The van der Waals surface area contributed by atoms with Crippen LogP contribution in [0.4, 0.5) is 15.8 Å². The van der Waals surface area contributed by atoms with Crippen LogP contribution in [0.25, 0.3) is 0 Å². The highest BCUT2D eigenvalue weighted by Gasteiger charge is 2.34. The van der Waals surface area contributed by atoms with E-state index in [1.165, 1.54) is 17.7 Å². The quantitative estimate of drug-likeness (QED) is 0.537. The summed E-state index contributed by atoms with van der Waals surface area (Å²) in [5, 5.41) is 2.57. The molecule has 1 fully saturated rings. The summed E-state index contributed by atoms with van der Waals surface area (Å²) in [4.78, 5) is 26.9. The zero-order valence-electron chi connectivity index (χ0n) is 17.3. The summed E-state index contributed by atoms with van der Waals surface area (Å²) in [6.45, 7) is 4.27. The molecule has 31 heavy (non-hydrogen) atoms. The minimum atomic E-state index is -0.566. The second kappa shape index (κ2) is 8.94. The van der Waals surface area contributed by atoms with Crippen LogP contribution in [0.1, 0.15) is 46.6 Å². The molecule has 0 unspecified atom stereocenters. The largest absolute Gasteiger partial charge is 0.322 e. The molecule has 1 atom stereocenters. The first-order valence-corrected chi connectivity index (χ1v) is 11.2. The van der Waals surface area contributed by atoms with E-state index in [4.69, 9.17) is 0 Å². The first-order chi connectivity index (χ1) is 14.9. The number of hydrogen-bond donors (Lipinski definition) is 1. The SMILES string of the molecule is CC(C)c1ccc(N2C(=O)CS[C@@H]2c2cccc(NC(=O)c3ccccc3F)c2)cc1. The van der Waals surface area contributed by atoms with E-state index in [9.17, 15) is 14.0 Å². The molecule has 4 rings (SSSR count). The molecular weight excluding hydrogens is 411 g/mol. The lowest BCUT2D eigenvalue weighted by atomic mass is 10.0. The van der Waals surface area contributed by atoms with Gasteiger partial charge in [-0.1, -0.05) is 50.2 Å². The Balaban J connectivity index is 1.58. The van der Waals surface area contributed by atoms with Crippen molar-refractivity contribution >= 4 is 35.0 Å². The zero-order valence-corrected chi connectivity index (χ0v) is 18.2. The number of hydrogen-bond acceptors (Lipinski definition) is 3. The van der Waals surface area contributed by atoms with Crippen molar-refractivity contribution in [2.24, 2.45) is 0 Å². The van der Waals surface area contributed by atoms with Crippen molar-refractivity contribution < 1.29 is 14.0 Å². The Hall–Kier alpha value is -3.12. The Labute approximate surface area is 185 Å². The van der Waals surface area contributed by atoms with E-state index in [-0.39, 0.29) is 16.8 Å². The van der Waals surface area contributed by atoms with Crippen molar-refractivity contribution in [2.75, 3.05) is 16.0 Å². The Morgan fingerprint density at radius 2 is 1.81 bits per heavy atom. The van der Waals surface area contributed by atoms with Crippen molar-refractivity contribution in [3.63, 3.8) is 0 Å². The summed E-state index contributed by atoms with van der Waals surface area (Å²) < 4.78 is 13.9. The molecular formula is C25H23FN2O2S. The van der Waals surface area contributed by atoms with Crippen LogP contribution < -0.4 is 10.2 Å². The maximum absolute atomic E-state index is 13.9. The molecule has 0 aliphatic carbocycles. The smallest absolute Gasteiger partial charge is 0.258 e. The molecule has 1 aliphatic heterocycles. The normalized spacial score (nSPS) is 16.1. The van der Waals surface area contributed by atoms with Crippen LogP contribution in [0.2, 0.25) is 0 Å². The van der Waals surface area contributed by atoms with Gasteiger partial charge in [0, 0.05) is 11.4 Å². The van der Waals surface area contributed by atoms with Crippen LogP contribution in [-0.2, 0) is 4.79 Å². The molecule has 1 heterocycles. The van der Waals surface area contributed by atoms with Gasteiger partial charge in [-0.25, -0.2) is 4.39 Å². The maximum atomic E-state index is 13.9. The zero-order chi connectivity index (χ0) is 22.0. The van der Waals surface area contributed by atoms with Gasteiger partial charge >= 0.3 is 0 Å². The van der Waals surface area contributed by atoms with Crippen molar-refractivity contribution in [2.45, 2.75) is 25.1 Å². The Kier molecular flexibility index (Phi) is 6.09. The molecule has 1 saturated heterocycles. The average Bonchev–Trinajstić information content (AvgIpc) is 3.15. The van der Waals surface area contributed by atoms with Gasteiger partial charge in [0.2, 0.25) is 5.91 Å². The van der Waals surface area contributed by atoms with Gasteiger partial charge in [0.05, 0.1) is 11.3 Å². The third-order valence-corrected chi connectivity index (χ3v) is 6.47. The molecule has 4 nitrogen and oxygen atoms in total. The van der Waals surface area contributed by atoms with Crippen molar-refractivity contribution in [3.05, 3.63) is 95.3 Å². The first kappa shape index (κ1) is 21.1. The second-order valence-corrected chi connectivity index (χ2v) is 8.80. The highest BCUT2D eigenvalue weighted by molar-refractivity contribution is 8.00. The van der Waals surface area contributed by atoms with Crippen molar-refractivity contribution in [3.8, 4) is 0 Å². The Morgan fingerprint density at radius 1 is 1.06 bits per heavy atom. The number of nitrogens with one attached hydrogen (secondary N) is 1. The third kappa shape index (κ3) is 4.49. The summed E-state index contributed by atoms with van der Waals surface area (Å²) in [6.07, 6.45) is 0. The van der Waals surface area contributed by atoms with Gasteiger partial charge in [0.15, 0.2) is 0 Å². The molecule has 0 bridgehead atoms. The van der Waals surface area contributed by atoms with Crippen LogP contribution in [0, 0.1) is 5.82 Å². The van der Waals surface area contributed by atoms with E-state index in [0.29, 0.717) is 17.4 Å². The monoisotopic (exact) mass is 434 g/mol. The number of halogens is 1. The summed E-state index contributed by atoms with van der Waals surface area (Å²) in [7, 11) is 0. The number of benzene rings is 3. The number of nitrogens with zero attached hydrogens (tertiary/aromatic N) is 1. The summed E-state index contributed by atoms with van der Waals surface area (Å²) >= 11 is 1.55. The van der Waals surface area contributed by atoms with Crippen LogP contribution in [0.15, 0.2) is 72.8 Å².